The van der Waals surface area contributed by atoms with Crippen LogP contribution >= 0.6 is 0 Å². The summed E-state index contributed by atoms with van der Waals surface area (Å²) >= 11 is 0. The highest BCUT2D eigenvalue weighted by Gasteiger charge is 2.61. The molecule has 3 atom stereocenters. The molecule has 0 spiro atoms. The molecule has 9 heteroatoms. The summed E-state index contributed by atoms with van der Waals surface area (Å²) in [6.45, 7) is 1.74. The fourth-order valence-electron chi connectivity index (χ4n) is 5.94. The molecule has 2 amide bonds. The highest BCUT2D eigenvalue weighted by molar-refractivity contribution is 6.07. The van der Waals surface area contributed by atoms with Crippen molar-refractivity contribution >= 4 is 17.5 Å². The third-order valence-electron chi connectivity index (χ3n) is 8.07. The normalized spacial score (nSPS) is 25.0. The van der Waals surface area contributed by atoms with E-state index in [1.807, 2.05) is 30.3 Å². The number of nitrogens with one attached hydrogen (secondary N) is 2. The Kier molecular flexibility index (Phi) is 6.51. The van der Waals surface area contributed by atoms with Crippen LogP contribution in [0.3, 0.4) is 0 Å². The SMILES string of the molecule is Cc1ncccc1NC(=O)c1ccc2c(c1)C(=O)NCC1CC(O)(C(F)(F)F)CCC21Cc1ccccc1. The molecule has 2 heterocycles. The number of aromatic nitrogens is 1. The summed E-state index contributed by atoms with van der Waals surface area (Å²) in [7, 11) is 0. The molecule has 198 valence electrons. The number of hydrogen-bond donors (Lipinski definition) is 3. The first-order chi connectivity index (χ1) is 18.0. The van der Waals surface area contributed by atoms with E-state index in [4.69, 9.17) is 0 Å². The van der Waals surface area contributed by atoms with Gasteiger partial charge in [0.2, 0.25) is 0 Å². The third-order valence-corrected chi connectivity index (χ3v) is 8.07. The van der Waals surface area contributed by atoms with E-state index in [-0.39, 0.29) is 24.1 Å². The predicted octanol–water partition coefficient (Wildman–Crippen LogP) is 4.96. The summed E-state index contributed by atoms with van der Waals surface area (Å²) in [5.74, 6) is -1.56. The minimum atomic E-state index is -4.78. The lowest BCUT2D eigenvalue weighted by atomic mass is 9.56. The molecule has 1 aromatic heterocycles. The van der Waals surface area contributed by atoms with Gasteiger partial charge in [-0.15, -0.1) is 0 Å². The van der Waals surface area contributed by atoms with Gasteiger partial charge in [-0.3, -0.25) is 14.6 Å². The number of amides is 2. The average Bonchev–Trinajstić information content (AvgIpc) is 3.00. The molecule has 2 aliphatic rings. The monoisotopic (exact) mass is 523 g/mol. The van der Waals surface area contributed by atoms with Crippen LogP contribution in [0.2, 0.25) is 0 Å². The van der Waals surface area contributed by atoms with Gasteiger partial charge < -0.3 is 15.7 Å². The zero-order valence-electron chi connectivity index (χ0n) is 20.8. The van der Waals surface area contributed by atoms with E-state index >= 15 is 0 Å². The molecule has 6 nitrogen and oxygen atoms in total. The number of anilines is 1. The van der Waals surface area contributed by atoms with E-state index in [9.17, 15) is 27.9 Å². The quantitative estimate of drug-likeness (QED) is 0.451. The number of halogens is 3. The van der Waals surface area contributed by atoms with Crippen molar-refractivity contribution in [2.45, 2.75) is 49.8 Å². The number of benzene rings is 2. The summed E-state index contributed by atoms with van der Waals surface area (Å²) in [6.07, 6.45) is -3.73. The van der Waals surface area contributed by atoms with Crippen LogP contribution in [0.5, 0.6) is 0 Å². The average molecular weight is 524 g/mol. The molecule has 2 aromatic carbocycles. The second-order valence-corrected chi connectivity index (χ2v) is 10.3. The molecule has 5 rings (SSSR count). The number of aliphatic hydroxyl groups is 1. The van der Waals surface area contributed by atoms with Crippen molar-refractivity contribution in [3.05, 3.63) is 94.8 Å². The Labute approximate surface area is 218 Å². The highest BCUT2D eigenvalue weighted by atomic mass is 19.4. The van der Waals surface area contributed by atoms with Crippen LogP contribution in [0.4, 0.5) is 18.9 Å². The van der Waals surface area contributed by atoms with Crippen molar-refractivity contribution in [2.75, 3.05) is 11.9 Å². The number of rotatable bonds is 4. The number of hydrogen-bond acceptors (Lipinski definition) is 4. The number of nitrogens with zero attached hydrogens (tertiary/aromatic N) is 1. The number of aryl methyl sites for hydroxylation is 1. The molecular formula is C29H28F3N3O3. The van der Waals surface area contributed by atoms with Crippen molar-refractivity contribution in [2.24, 2.45) is 5.92 Å². The van der Waals surface area contributed by atoms with E-state index in [2.05, 4.69) is 15.6 Å². The summed E-state index contributed by atoms with van der Waals surface area (Å²) in [5.41, 5.74) is -0.469. The van der Waals surface area contributed by atoms with Crippen LogP contribution in [0.1, 0.15) is 56.8 Å². The zero-order chi connectivity index (χ0) is 27.1. The van der Waals surface area contributed by atoms with Gasteiger partial charge in [0.1, 0.15) is 0 Å². The Morgan fingerprint density at radius 2 is 1.89 bits per heavy atom. The summed E-state index contributed by atoms with van der Waals surface area (Å²) in [6, 6.07) is 17.6. The summed E-state index contributed by atoms with van der Waals surface area (Å²) in [5, 5.41) is 16.2. The minimum Gasteiger partial charge on any atom is -0.380 e. The van der Waals surface area contributed by atoms with Gasteiger partial charge in [0, 0.05) is 29.3 Å². The molecule has 1 aliphatic heterocycles. The molecule has 1 fully saturated rings. The zero-order valence-corrected chi connectivity index (χ0v) is 20.8. The Morgan fingerprint density at radius 3 is 2.61 bits per heavy atom. The molecule has 0 radical (unpaired) electrons. The van der Waals surface area contributed by atoms with Gasteiger partial charge in [0.15, 0.2) is 5.60 Å². The van der Waals surface area contributed by atoms with Crippen LogP contribution in [0, 0.1) is 12.8 Å². The molecule has 3 aromatic rings. The maximum absolute atomic E-state index is 13.9. The molecule has 3 unspecified atom stereocenters. The van der Waals surface area contributed by atoms with E-state index in [0.29, 0.717) is 23.4 Å². The van der Waals surface area contributed by atoms with Crippen LogP contribution in [0.15, 0.2) is 66.9 Å². The Morgan fingerprint density at radius 1 is 1.13 bits per heavy atom. The molecule has 38 heavy (non-hydrogen) atoms. The first-order valence-electron chi connectivity index (χ1n) is 12.5. The van der Waals surface area contributed by atoms with Crippen LogP contribution in [-0.2, 0) is 11.8 Å². The van der Waals surface area contributed by atoms with Crippen molar-refractivity contribution < 1.29 is 27.9 Å². The van der Waals surface area contributed by atoms with Gasteiger partial charge in [-0.25, -0.2) is 0 Å². The molecule has 3 N–H and O–H groups in total. The summed E-state index contributed by atoms with van der Waals surface area (Å²) < 4.78 is 41.6. The largest absolute Gasteiger partial charge is 0.417 e. The second kappa shape index (κ2) is 9.54. The number of carbonyl (C=O) groups excluding carboxylic acids is 2. The lowest BCUT2D eigenvalue weighted by molar-refractivity contribution is -0.278. The van der Waals surface area contributed by atoms with Crippen molar-refractivity contribution in [3.63, 3.8) is 0 Å². The molecule has 0 bridgehead atoms. The van der Waals surface area contributed by atoms with E-state index < -0.39 is 47.8 Å². The lowest BCUT2D eigenvalue weighted by Crippen LogP contribution is -2.57. The van der Waals surface area contributed by atoms with Gasteiger partial charge in [-0.05, 0) is 73.9 Å². The van der Waals surface area contributed by atoms with Crippen LogP contribution in [0.25, 0.3) is 0 Å². The van der Waals surface area contributed by atoms with Gasteiger partial charge in [-0.1, -0.05) is 36.4 Å². The van der Waals surface area contributed by atoms with E-state index in [1.165, 1.54) is 6.07 Å². The van der Waals surface area contributed by atoms with Crippen LogP contribution < -0.4 is 10.6 Å². The number of fused-ring (bicyclic) bond motifs is 3. The van der Waals surface area contributed by atoms with Gasteiger partial charge in [-0.2, -0.15) is 13.2 Å². The molecule has 0 saturated heterocycles. The fraction of sp³-hybridized carbons (Fsp3) is 0.345. The number of carbonyl (C=O) groups is 2. The fourth-order valence-corrected chi connectivity index (χ4v) is 5.94. The number of pyridine rings is 1. The Balaban J connectivity index is 1.58. The molecule has 1 aliphatic carbocycles. The standard InChI is InChI=1S/C29H28F3N3O3/c1-18-24(8-5-13-33-18)35-25(36)20-9-10-23-22(14-20)26(37)34-17-21-16-28(38,29(30,31)32)12-11-27(21,23)15-19-6-3-2-4-7-19/h2-10,13-14,21,38H,11-12,15-17H2,1H3,(H,34,37)(H,35,36). The first kappa shape index (κ1) is 25.9. The van der Waals surface area contributed by atoms with E-state index in [1.54, 1.807) is 37.4 Å². The first-order valence-corrected chi connectivity index (χ1v) is 12.5. The highest BCUT2D eigenvalue weighted by Crippen LogP contribution is 2.54. The van der Waals surface area contributed by atoms with Gasteiger partial charge >= 0.3 is 6.18 Å². The van der Waals surface area contributed by atoms with Crippen LogP contribution in [-0.4, -0.2) is 40.2 Å². The third kappa shape index (κ3) is 4.55. The maximum Gasteiger partial charge on any atom is 0.417 e. The van der Waals surface area contributed by atoms with Gasteiger partial charge in [0.05, 0.1) is 11.4 Å². The maximum atomic E-state index is 13.9. The van der Waals surface area contributed by atoms with Crippen molar-refractivity contribution in [1.29, 1.82) is 0 Å². The smallest absolute Gasteiger partial charge is 0.380 e. The lowest BCUT2D eigenvalue weighted by Gasteiger charge is -2.50. The van der Waals surface area contributed by atoms with Crippen molar-refractivity contribution in [1.82, 2.24) is 10.3 Å². The van der Waals surface area contributed by atoms with Crippen molar-refractivity contribution in [3.8, 4) is 0 Å². The Bertz CT molecular complexity index is 1380. The molecule has 1 saturated carbocycles. The summed E-state index contributed by atoms with van der Waals surface area (Å²) in [4.78, 5) is 30.5. The van der Waals surface area contributed by atoms with E-state index in [0.717, 1.165) is 5.56 Å². The number of alkyl halides is 3. The predicted molar refractivity (Wildman–Crippen MR) is 136 cm³/mol. The molecular weight excluding hydrogens is 495 g/mol. The minimum absolute atomic E-state index is 0.0187. The topological polar surface area (TPSA) is 91.3 Å². The van der Waals surface area contributed by atoms with Gasteiger partial charge in [0.25, 0.3) is 11.8 Å². The Hall–Kier alpha value is -3.72. The second-order valence-electron chi connectivity index (χ2n) is 10.3.